The first-order valence-corrected chi connectivity index (χ1v) is 6.75. The third kappa shape index (κ3) is 2.27. The zero-order chi connectivity index (χ0) is 12.5. The SMILES string of the molecule is O=C(O)Cc1ccccc1CN1CC2CCC1C2. The Hall–Kier alpha value is -1.35. The van der Waals surface area contributed by atoms with Crippen molar-refractivity contribution in [3.63, 3.8) is 0 Å². The lowest BCUT2D eigenvalue weighted by Crippen LogP contribution is -2.31. The molecule has 0 spiro atoms. The Labute approximate surface area is 107 Å². The van der Waals surface area contributed by atoms with Gasteiger partial charge in [-0.05, 0) is 36.3 Å². The van der Waals surface area contributed by atoms with E-state index in [0.717, 1.165) is 24.1 Å². The molecule has 2 fully saturated rings. The van der Waals surface area contributed by atoms with Crippen molar-refractivity contribution < 1.29 is 9.90 Å². The van der Waals surface area contributed by atoms with Crippen LogP contribution in [0, 0.1) is 5.92 Å². The van der Waals surface area contributed by atoms with Gasteiger partial charge in [0.1, 0.15) is 0 Å². The summed E-state index contributed by atoms with van der Waals surface area (Å²) in [5.41, 5.74) is 2.15. The number of aliphatic carboxylic acids is 1. The van der Waals surface area contributed by atoms with Gasteiger partial charge in [-0.15, -0.1) is 0 Å². The number of carboxylic acids is 1. The van der Waals surface area contributed by atoms with Crippen LogP contribution in [0.3, 0.4) is 0 Å². The molecule has 1 aromatic rings. The lowest BCUT2D eigenvalue weighted by molar-refractivity contribution is -0.136. The molecule has 1 aliphatic heterocycles. The fourth-order valence-corrected chi connectivity index (χ4v) is 3.49. The second-order valence-corrected chi connectivity index (χ2v) is 5.60. The van der Waals surface area contributed by atoms with Gasteiger partial charge in [0.05, 0.1) is 6.42 Å². The summed E-state index contributed by atoms with van der Waals surface area (Å²) in [4.78, 5) is 13.4. The van der Waals surface area contributed by atoms with Crippen LogP contribution in [0.5, 0.6) is 0 Å². The standard InChI is InChI=1S/C15H19NO2/c17-15(18)8-12-3-1-2-4-13(12)10-16-9-11-5-6-14(16)7-11/h1-4,11,14H,5-10H2,(H,17,18). The van der Waals surface area contributed by atoms with Gasteiger partial charge in [0.15, 0.2) is 0 Å². The predicted molar refractivity (Wildman–Crippen MR) is 69.3 cm³/mol. The summed E-state index contributed by atoms with van der Waals surface area (Å²) in [7, 11) is 0. The fourth-order valence-electron chi connectivity index (χ4n) is 3.49. The monoisotopic (exact) mass is 245 g/mol. The number of carbonyl (C=O) groups is 1. The normalized spacial score (nSPS) is 26.7. The van der Waals surface area contributed by atoms with Gasteiger partial charge in [-0.25, -0.2) is 0 Å². The number of hydrogen-bond donors (Lipinski definition) is 1. The number of rotatable bonds is 4. The van der Waals surface area contributed by atoms with Crippen molar-refractivity contribution in [2.24, 2.45) is 5.92 Å². The smallest absolute Gasteiger partial charge is 0.307 e. The second-order valence-electron chi connectivity index (χ2n) is 5.60. The Morgan fingerprint density at radius 2 is 2.06 bits per heavy atom. The van der Waals surface area contributed by atoms with Gasteiger partial charge in [0.25, 0.3) is 0 Å². The molecule has 2 atom stereocenters. The van der Waals surface area contributed by atoms with Crippen molar-refractivity contribution in [1.82, 2.24) is 4.90 Å². The fraction of sp³-hybridized carbons (Fsp3) is 0.533. The number of fused-ring (bicyclic) bond motifs is 2. The summed E-state index contributed by atoms with van der Waals surface area (Å²) in [5, 5.41) is 8.94. The van der Waals surface area contributed by atoms with E-state index in [1.807, 2.05) is 18.2 Å². The maximum Gasteiger partial charge on any atom is 0.307 e. The number of carboxylic acid groups (broad SMARTS) is 1. The maximum atomic E-state index is 10.9. The molecule has 3 rings (SSSR count). The average Bonchev–Trinajstić information content (AvgIpc) is 2.93. The van der Waals surface area contributed by atoms with E-state index in [1.54, 1.807) is 0 Å². The van der Waals surface area contributed by atoms with Crippen LogP contribution in [-0.4, -0.2) is 28.6 Å². The molecular weight excluding hydrogens is 226 g/mol. The minimum atomic E-state index is -0.745. The van der Waals surface area contributed by atoms with Crippen LogP contribution in [0.4, 0.5) is 0 Å². The minimum Gasteiger partial charge on any atom is -0.481 e. The molecule has 1 aromatic carbocycles. The van der Waals surface area contributed by atoms with E-state index in [1.165, 1.54) is 31.4 Å². The molecule has 1 saturated heterocycles. The molecule has 3 nitrogen and oxygen atoms in total. The van der Waals surface area contributed by atoms with Crippen LogP contribution in [0.1, 0.15) is 30.4 Å². The minimum absolute atomic E-state index is 0.137. The Morgan fingerprint density at radius 3 is 2.67 bits per heavy atom. The lowest BCUT2D eigenvalue weighted by Gasteiger charge is -2.27. The van der Waals surface area contributed by atoms with Crippen LogP contribution < -0.4 is 0 Å². The van der Waals surface area contributed by atoms with E-state index in [-0.39, 0.29) is 6.42 Å². The highest BCUT2D eigenvalue weighted by Crippen LogP contribution is 2.38. The van der Waals surface area contributed by atoms with Gasteiger partial charge < -0.3 is 5.11 Å². The number of likely N-dealkylation sites (tertiary alicyclic amines) is 1. The first-order chi connectivity index (χ1) is 8.72. The summed E-state index contributed by atoms with van der Waals surface area (Å²) < 4.78 is 0. The Bertz CT molecular complexity index is 458. The Balaban J connectivity index is 1.74. The molecule has 0 amide bonds. The first-order valence-electron chi connectivity index (χ1n) is 6.75. The highest BCUT2D eigenvalue weighted by Gasteiger charge is 2.37. The number of nitrogens with zero attached hydrogens (tertiary/aromatic N) is 1. The van der Waals surface area contributed by atoms with E-state index in [2.05, 4.69) is 11.0 Å². The van der Waals surface area contributed by atoms with E-state index >= 15 is 0 Å². The van der Waals surface area contributed by atoms with E-state index in [4.69, 9.17) is 5.11 Å². The molecule has 1 aliphatic carbocycles. The van der Waals surface area contributed by atoms with Crippen LogP contribution in [0.2, 0.25) is 0 Å². The second kappa shape index (κ2) is 4.73. The lowest BCUT2D eigenvalue weighted by atomic mass is 10.0. The van der Waals surface area contributed by atoms with E-state index in [9.17, 15) is 4.79 Å². The maximum absolute atomic E-state index is 10.9. The zero-order valence-corrected chi connectivity index (χ0v) is 10.5. The summed E-state index contributed by atoms with van der Waals surface area (Å²) in [6, 6.07) is 8.70. The Morgan fingerprint density at radius 1 is 1.28 bits per heavy atom. The number of benzene rings is 1. The molecule has 3 heteroatoms. The molecule has 0 radical (unpaired) electrons. The van der Waals surface area contributed by atoms with Gasteiger partial charge >= 0.3 is 5.97 Å². The van der Waals surface area contributed by atoms with Crippen LogP contribution in [0.15, 0.2) is 24.3 Å². The summed E-state index contributed by atoms with van der Waals surface area (Å²) in [6.45, 7) is 2.12. The summed E-state index contributed by atoms with van der Waals surface area (Å²) >= 11 is 0. The highest BCUT2D eigenvalue weighted by atomic mass is 16.4. The van der Waals surface area contributed by atoms with Crippen LogP contribution in [0.25, 0.3) is 0 Å². The first kappa shape index (κ1) is 11.7. The number of piperidine rings is 1. The third-order valence-corrected chi connectivity index (χ3v) is 4.36. The van der Waals surface area contributed by atoms with Crippen molar-refractivity contribution in [2.75, 3.05) is 6.54 Å². The molecule has 2 aliphatic rings. The molecular formula is C15H19NO2. The molecule has 2 unspecified atom stereocenters. The van der Waals surface area contributed by atoms with Gasteiger partial charge in [-0.1, -0.05) is 24.3 Å². The van der Waals surface area contributed by atoms with E-state index in [0.29, 0.717) is 0 Å². The quantitative estimate of drug-likeness (QED) is 0.885. The molecule has 2 bridgehead atoms. The van der Waals surface area contributed by atoms with Crippen molar-refractivity contribution in [1.29, 1.82) is 0 Å². The van der Waals surface area contributed by atoms with Gasteiger partial charge in [-0.3, -0.25) is 9.69 Å². The van der Waals surface area contributed by atoms with Crippen molar-refractivity contribution >= 4 is 5.97 Å². The molecule has 96 valence electrons. The molecule has 1 heterocycles. The highest BCUT2D eigenvalue weighted by molar-refractivity contribution is 5.70. The molecule has 0 aromatic heterocycles. The molecule has 1 saturated carbocycles. The van der Waals surface area contributed by atoms with E-state index < -0.39 is 5.97 Å². The van der Waals surface area contributed by atoms with Gasteiger partial charge in [0, 0.05) is 19.1 Å². The van der Waals surface area contributed by atoms with Crippen molar-refractivity contribution in [3.8, 4) is 0 Å². The topological polar surface area (TPSA) is 40.5 Å². The average molecular weight is 245 g/mol. The number of hydrogen-bond acceptors (Lipinski definition) is 2. The van der Waals surface area contributed by atoms with Crippen LogP contribution >= 0.6 is 0 Å². The molecule has 18 heavy (non-hydrogen) atoms. The largest absolute Gasteiger partial charge is 0.481 e. The van der Waals surface area contributed by atoms with Gasteiger partial charge in [0.2, 0.25) is 0 Å². The third-order valence-electron chi connectivity index (χ3n) is 4.36. The van der Waals surface area contributed by atoms with Crippen molar-refractivity contribution in [3.05, 3.63) is 35.4 Å². The Kier molecular flexibility index (Phi) is 3.08. The van der Waals surface area contributed by atoms with Crippen LogP contribution in [-0.2, 0) is 17.8 Å². The molecule has 1 N–H and O–H groups in total. The summed E-state index contributed by atoms with van der Waals surface area (Å²) in [5.74, 6) is 0.145. The van der Waals surface area contributed by atoms with Gasteiger partial charge in [-0.2, -0.15) is 0 Å². The predicted octanol–water partition coefficient (Wildman–Crippen LogP) is 2.30. The zero-order valence-electron chi connectivity index (χ0n) is 10.5. The van der Waals surface area contributed by atoms with Crippen molar-refractivity contribution in [2.45, 2.75) is 38.3 Å². The summed E-state index contributed by atoms with van der Waals surface area (Å²) in [6.07, 6.45) is 4.20.